The zero-order chi connectivity index (χ0) is 16.5. The van der Waals surface area contributed by atoms with Crippen molar-refractivity contribution in [3.63, 3.8) is 0 Å². The van der Waals surface area contributed by atoms with Crippen LogP contribution in [-0.2, 0) is 0 Å². The van der Waals surface area contributed by atoms with E-state index in [0.717, 1.165) is 0 Å². The maximum atomic E-state index is 12.2. The molecule has 0 atom stereocenters. The smallest absolute Gasteiger partial charge is 0.260 e. The van der Waals surface area contributed by atoms with Gasteiger partial charge in [0.2, 0.25) is 0 Å². The molecule has 8 heteroatoms. The highest BCUT2D eigenvalue weighted by Gasteiger charge is 2.13. The van der Waals surface area contributed by atoms with Gasteiger partial charge in [-0.05, 0) is 24.3 Å². The van der Waals surface area contributed by atoms with Crippen molar-refractivity contribution in [3.8, 4) is 11.6 Å². The van der Waals surface area contributed by atoms with Crippen molar-refractivity contribution in [3.05, 3.63) is 66.9 Å². The molecule has 1 aromatic carbocycles. The van der Waals surface area contributed by atoms with Gasteiger partial charge in [-0.3, -0.25) is 9.36 Å². The topological polar surface area (TPSA) is 97.3 Å². The molecule has 0 saturated heterocycles. The summed E-state index contributed by atoms with van der Waals surface area (Å²) in [5.41, 5.74) is 0.771. The number of rotatable bonds is 3. The molecule has 4 aromatic rings. The third-order valence-corrected chi connectivity index (χ3v) is 3.47. The van der Waals surface area contributed by atoms with Crippen LogP contribution in [0.1, 0.15) is 17.8 Å². The number of amides is 1. The normalized spacial score (nSPS) is 10.4. The van der Waals surface area contributed by atoms with Crippen LogP contribution in [0.15, 0.2) is 61.3 Å². The number of carbonyl (C=O) groups excluding carboxylic acids is 1. The molecule has 25 heavy (non-hydrogen) atoms. The van der Waals surface area contributed by atoms with Crippen molar-refractivity contribution in [2.75, 3.05) is 5.32 Å². The van der Waals surface area contributed by atoms with Crippen molar-refractivity contribution in [1.29, 1.82) is 0 Å². The first-order valence-electron chi connectivity index (χ1n) is 7.15. The Hall–Kier alpha value is -3.68. The highest BCUT2D eigenvalue weighted by atomic mass is 16.3. The predicted molar refractivity (Wildman–Crippen MR) is 92.9 cm³/mol. The average Bonchev–Trinajstić information content (AvgIpc) is 3.23. The third kappa shape index (κ3) is 3.05. The second-order valence-electron chi connectivity index (χ2n) is 5.06. The van der Waals surface area contributed by atoms with Crippen molar-refractivity contribution in [2.45, 2.75) is 7.43 Å². The molecular weight excluding hydrogens is 320 g/mol. The molecule has 0 aliphatic rings. The number of benzene rings is 1. The molecule has 3 heterocycles. The van der Waals surface area contributed by atoms with E-state index < -0.39 is 5.91 Å². The number of aromatic nitrogens is 5. The van der Waals surface area contributed by atoms with Crippen LogP contribution in [0.3, 0.4) is 0 Å². The Balaban J connectivity index is 0.00000182. The van der Waals surface area contributed by atoms with Crippen LogP contribution in [0, 0.1) is 0 Å². The highest BCUT2D eigenvalue weighted by Crippen LogP contribution is 2.18. The number of carbonyl (C=O) groups is 1. The van der Waals surface area contributed by atoms with Gasteiger partial charge in [0, 0.05) is 12.4 Å². The number of imidazole rings is 2. The summed E-state index contributed by atoms with van der Waals surface area (Å²) in [6.07, 6.45) is 6.70. The van der Waals surface area contributed by atoms with Crippen LogP contribution >= 0.6 is 0 Å². The van der Waals surface area contributed by atoms with E-state index in [2.05, 4.69) is 20.4 Å². The molecule has 0 saturated carbocycles. The molecule has 2 N–H and O–H groups in total. The summed E-state index contributed by atoms with van der Waals surface area (Å²) in [6, 6.07) is 9.92. The van der Waals surface area contributed by atoms with E-state index in [-0.39, 0.29) is 18.7 Å². The van der Waals surface area contributed by atoms with Crippen LogP contribution in [-0.4, -0.2) is 35.2 Å². The number of fused-ring (bicyclic) bond motifs is 1. The Morgan fingerprint density at radius 2 is 2.00 bits per heavy atom. The number of aromatic hydroxyl groups is 1. The van der Waals surface area contributed by atoms with Gasteiger partial charge in [0.15, 0.2) is 17.3 Å². The molecule has 0 aliphatic carbocycles. The molecule has 3 aromatic heterocycles. The van der Waals surface area contributed by atoms with E-state index in [1.165, 1.54) is 12.1 Å². The van der Waals surface area contributed by atoms with Crippen molar-refractivity contribution in [2.24, 2.45) is 0 Å². The van der Waals surface area contributed by atoms with Crippen LogP contribution in [0.5, 0.6) is 5.75 Å². The van der Waals surface area contributed by atoms with Gasteiger partial charge < -0.3 is 10.4 Å². The lowest BCUT2D eigenvalue weighted by atomic mass is 10.2. The molecule has 0 unspecified atom stereocenters. The summed E-state index contributed by atoms with van der Waals surface area (Å²) in [4.78, 5) is 20.5. The van der Waals surface area contributed by atoms with Crippen LogP contribution < -0.4 is 5.32 Å². The van der Waals surface area contributed by atoms with E-state index in [9.17, 15) is 9.90 Å². The lowest BCUT2D eigenvalue weighted by Gasteiger charge is -2.03. The van der Waals surface area contributed by atoms with E-state index in [0.29, 0.717) is 17.3 Å². The zero-order valence-electron chi connectivity index (χ0n) is 12.4. The molecule has 4 rings (SSSR count). The number of phenols is 1. The van der Waals surface area contributed by atoms with E-state index in [4.69, 9.17) is 0 Å². The molecular formula is C17H16N6O2. The average molecular weight is 336 g/mol. The Morgan fingerprint density at radius 3 is 2.76 bits per heavy atom. The maximum absolute atomic E-state index is 12.2. The lowest BCUT2D eigenvalue weighted by molar-refractivity contribution is 0.102. The van der Waals surface area contributed by atoms with Gasteiger partial charge in [-0.25, -0.2) is 14.5 Å². The highest BCUT2D eigenvalue weighted by molar-refractivity contribution is 6.05. The molecule has 126 valence electrons. The number of nitrogens with zero attached hydrogens (tertiary/aromatic N) is 5. The standard InChI is InChI=1S/C16H12N6O2.CH4/c23-12-4-2-1-3-11(12)16(24)19-13-9-22-14(18-13)5-6-15(20-22)21-8-7-17-10-21;/h1-10,23H,(H,19,24);1H4. The minimum absolute atomic E-state index is 0. The lowest BCUT2D eigenvalue weighted by Crippen LogP contribution is -2.12. The fourth-order valence-corrected chi connectivity index (χ4v) is 2.31. The van der Waals surface area contributed by atoms with Crippen molar-refractivity contribution in [1.82, 2.24) is 24.1 Å². The molecule has 8 nitrogen and oxygen atoms in total. The first-order chi connectivity index (χ1) is 11.7. The van der Waals surface area contributed by atoms with Crippen LogP contribution in [0.25, 0.3) is 11.5 Å². The van der Waals surface area contributed by atoms with Crippen molar-refractivity contribution < 1.29 is 9.90 Å². The first kappa shape index (κ1) is 16.2. The maximum Gasteiger partial charge on any atom is 0.260 e. The molecule has 1 amide bonds. The van der Waals surface area contributed by atoms with Crippen molar-refractivity contribution >= 4 is 17.4 Å². The molecule has 0 bridgehead atoms. The van der Waals surface area contributed by atoms with E-state index in [1.54, 1.807) is 58.3 Å². The van der Waals surface area contributed by atoms with Crippen LogP contribution in [0.4, 0.5) is 5.82 Å². The summed E-state index contributed by atoms with van der Waals surface area (Å²) in [7, 11) is 0. The summed E-state index contributed by atoms with van der Waals surface area (Å²) < 4.78 is 3.33. The number of nitrogens with one attached hydrogen (secondary N) is 1. The van der Waals surface area contributed by atoms with Gasteiger partial charge in [0.1, 0.15) is 12.1 Å². The number of anilines is 1. The van der Waals surface area contributed by atoms with E-state index in [1.807, 2.05) is 0 Å². The number of hydrogen-bond acceptors (Lipinski definition) is 5. The Bertz CT molecular complexity index is 1020. The fourth-order valence-electron chi connectivity index (χ4n) is 2.31. The van der Waals surface area contributed by atoms with Gasteiger partial charge in [-0.2, -0.15) is 0 Å². The Labute approximate surface area is 143 Å². The minimum atomic E-state index is -0.439. The van der Waals surface area contributed by atoms with Gasteiger partial charge in [0.25, 0.3) is 5.91 Å². The van der Waals surface area contributed by atoms with Gasteiger partial charge in [-0.1, -0.05) is 19.6 Å². The zero-order valence-corrected chi connectivity index (χ0v) is 12.4. The minimum Gasteiger partial charge on any atom is -0.507 e. The Morgan fingerprint density at radius 1 is 1.16 bits per heavy atom. The summed E-state index contributed by atoms with van der Waals surface area (Å²) in [5, 5.41) is 16.8. The summed E-state index contributed by atoms with van der Waals surface area (Å²) in [5.74, 6) is 0.500. The van der Waals surface area contributed by atoms with Gasteiger partial charge in [0.05, 0.1) is 11.8 Å². The molecule has 0 spiro atoms. The largest absolute Gasteiger partial charge is 0.507 e. The second kappa shape index (κ2) is 6.44. The monoisotopic (exact) mass is 336 g/mol. The van der Waals surface area contributed by atoms with Crippen LogP contribution in [0.2, 0.25) is 0 Å². The molecule has 0 fully saturated rings. The predicted octanol–water partition coefficient (Wildman–Crippen LogP) is 2.51. The third-order valence-electron chi connectivity index (χ3n) is 3.47. The van der Waals surface area contributed by atoms with Gasteiger partial charge in [-0.15, -0.1) is 5.10 Å². The number of phenolic OH excluding ortho intramolecular Hbond substituents is 1. The Kier molecular flexibility index (Phi) is 4.17. The quantitative estimate of drug-likeness (QED) is 0.599. The number of para-hydroxylation sites is 1. The molecule has 0 radical (unpaired) electrons. The van der Waals surface area contributed by atoms with E-state index >= 15 is 0 Å². The number of hydrogen-bond donors (Lipinski definition) is 2. The fraction of sp³-hybridized carbons (Fsp3) is 0.0588. The second-order valence-corrected chi connectivity index (χ2v) is 5.06. The first-order valence-corrected chi connectivity index (χ1v) is 7.15. The van der Waals surface area contributed by atoms with Gasteiger partial charge >= 0.3 is 0 Å². The molecule has 0 aliphatic heterocycles. The SMILES string of the molecule is C.O=C(Nc1cn2nc(-n3ccnc3)ccc2n1)c1ccccc1O. The summed E-state index contributed by atoms with van der Waals surface area (Å²) >= 11 is 0. The summed E-state index contributed by atoms with van der Waals surface area (Å²) in [6.45, 7) is 0.